The molecule has 1 aromatic rings. The summed E-state index contributed by atoms with van der Waals surface area (Å²) in [6.45, 7) is 8.12. The highest BCUT2D eigenvalue weighted by Crippen LogP contribution is 2.41. The van der Waals surface area contributed by atoms with Gasteiger partial charge in [-0.1, -0.05) is 5.16 Å². The number of carbonyl (C=O) groups excluding carboxylic acids is 1. The molecule has 0 radical (unpaired) electrons. The molecule has 0 spiro atoms. The SMILES string of the molecule is CCOC(=O)C(C)(C)c1nc(C2(OCC)CCCC2)no1. The maximum Gasteiger partial charge on any atom is 0.321 e. The average molecular weight is 296 g/mol. The molecule has 6 nitrogen and oxygen atoms in total. The van der Waals surface area contributed by atoms with Crippen molar-refractivity contribution < 1.29 is 18.8 Å². The molecule has 0 atom stereocenters. The summed E-state index contributed by atoms with van der Waals surface area (Å²) in [6.07, 6.45) is 3.95. The molecule has 0 amide bonds. The lowest BCUT2D eigenvalue weighted by Gasteiger charge is -2.25. The Morgan fingerprint density at radius 3 is 2.52 bits per heavy atom. The van der Waals surface area contributed by atoms with Gasteiger partial charge in [-0.25, -0.2) is 0 Å². The summed E-state index contributed by atoms with van der Waals surface area (Å²) < 4.78 is 16.3. The first-order chi connectivity index (χ1) is 9.96. The second-order valence-corrected chi connectivity index (χ2v) is 5.90. The van der Waals surface area contributed by atoms with Crippen molar-refractivity contribution in [2.75, 3.05) is 13.2 Å². The summed E-state index contributed by atoms with van der Waals surface area (Å²) in [4.78, 5) is 16.5. The third-order valence-electron chi connectivity index (χ3n) is 3.99. The minimum Gasteiger partial charge on any atom is -0.465 e. The minimum absolute atomic E-state index is 0.280. The Morgan fingerprint density at radius 1 is 1.29 bits per heavy atom. The van der Waals surface area contributed by atoms with Gasteiger partial charge >= 0.3 is 5.97 Å². The van der Waals surface area contributed by atoms with Crippen LogP contribution in [0.4, 0.5) is 0 Å². The number of nitrogens with zero attached hydrogens (tertiary/aromatic N) is 2. The normalized spacial score (nSPS) is 17.9. The fourth-order valence-corrected chi connectivity index (χ4v) is 2.72. The molecule has 0 aromatic carbocycles. The molecule has 0 unspecified atom stereocenters. The van der Waals surface area contributed by atoms with Crippen LogP contribution in [0.2, 0.25) is 0 Å². The molecule has 1 aliphatic carbocycles. The van der Waals surface area contributed by atoms with Crippen molar-refractivity contribution in [2.24, 2.45) is 0 Å². The van der Waals surface area contributed by atoms with Gasteiger partial charge in [-0.2, -0.15) is 4.98 Å². The number of esters is 1. The topological polar surface area (TPSA) is 74.5 Å². The maximum absolute atomic E-state index is 12.0. The smallest absolute Gasteiger partial charge is 0.321 e. The van der Waals surface area contributed by atoms with E-state index in [1.54, 1.807) is 20.8 Å². The van der Waals surface area contributed by atoms with Crippen LogP contribution in [0.25, 0.3) is 0 Å². The van der Waals surface area contributed by atoms with Gasteiger partial charge in [-0.05, 0) is 53.4 Å². The van der Waals surface area contributed by atoms with Gasteiger partial charge in [0.05, 0.1) is 6.61 Å². The summed E-state index contributed by atoms with van der Waals surface area (Å²) in [7, 11) is 0. The zero-order valence-corrected chi connectivity index (χ0v) is 13.3. The fraction of sp³-hybridized carbons (Fsp3) is 0.800. The fourth-order valence-electron chi connectivity index (χ4n) is 2.72. The quantitative estimate of drug-likeness (QED) is 0.751. The number of hydrogen-bond acceptors (Lipinski definition) is 6. The van der Waals surface area contributed by atoms with E-state index in [2.05, 4.69) is 10.1 Å². The minimum atomic E-state index is -0.951. The first kappa shape index (κ1) is 15.9. The van der Waals surface area contributed by atoms with Gasteiger partial charge in [0.1, 0.15) is 11.0 Å². The number of ether oxygens (including phenoxy) is 2. The molecular formula is C15H24N2O4. The highest BCUT2D eigenvalue weighted by Gasteiger charge is 2.44. The zero-order valence-electron chi connectivity index (χ0n) is 13.3. The van der Waals surface area contributed by atoms with E-state index in [0.717, 1.165) is 25.7 Å². The van der Waals surface area contributed by atoms with Gasteiger partial charge < -0.3 is 14.0 Å². The second-order valence-electron chi connectivity index (χ2n) is 5.90. The van der Waals surface area contributed by atoms with Gasteiger partial charge in [-0.15, -0.1) is 0 Å². The predicted molar refractivity (Wildman–Crippen MR) is 75.7 cm³/mol. The van der Waals surface area contributed by atoms with Crippen LogP contribution >= 0.6 is 0 Å². The largest absolute Gasteiger partial charge is 0.465 e. The Morgan fingerprint density at radius 2 is 1.95 bits per heavy atom. The predicted octanol–water partition coefficient (Wildman–Crippen LogP) is 2.72. The lowest BCUT2D eigenvalue weighted by atomic mass is 9.93. The highest BCUT2D eigenvalue weighted by atomic mass is 16.5. The van der Waals surface area contributed by atoms with E-state index in [-0.39, 0.29) is 11.9 Å². The molecule has 1 saturated carbocycles. The monoisotopic (exact) mass is 296 g/mol. The highest BCUT2D eigenvalue weighted by molar-refractivity contribution is 5.80. The Balaban J connectivity index is 2.26. The molecule has 2 rings (SSSR count). The van der Waals surface area contributed by atoms with Crippen LogP contribution in [-0.4, -0.2) is 29.3 Å². The summed E-state index contributed by atoms with van der Waals surface area (Å²) in [5.74, 6) is 0.466. The van der Waals surface area contributed by atoms with Gasteiger partial charge in [0, 0.05) is 6.61 Å². The number of aromatic nitrogens is 2. The van der Waals surface area contributed by atoms with Crippen LogP contribution in [0.1, 0.15) is 65.1 Å². The third-order valence-corrected chi connectivity index (χ3v) is 3.99. The first-order valence-electron chi connectivity index (χ1n) is 7.62. The second kappa shape index (κ2) is 6.13. The van der Waals surface area contributed by atoms with E-state index in [9.17, 15) is 4.79 Å². The van der Waals surface area contributed by atoms with Gasteiger partial charge in [0.25, 0.3) is 0 Å². The van der Waals surface area contributed by atoms with Gasteiger partial charge in [0.2, 0.25) is 11.7 Å². The Labute approximate surface area is 125 Å². The molecule has 6 heteroatoms. The Kier molecular flexibility index (Phi) is 4.66. The van der Waals surface area contributed by atoms with Gasteiger partial charge in [-0.3, -0.25) is 4.79 Å². The summed E-state index contributed by atoms with van der Waals surface area (Å²) in [6, 6.07) is 0. The summed E-state index contributed by atoms with van der Waals surface area (Å²) >= 11 is 0. The first-order valence-corrected chi connectivity index (χ1v) is 7.62. The maximum atomic E-state index is 12.0. The van der Waals surface area contributed by atoms with E-state index < -0.39 is 11.0 Å². The van der Waals surface area contributed by atoms with E-state index in [0.29, 0.717) is 19.0 Å². The van der Waals surface area contributed by atoms with Crippen LogP contribution in [0.3, 0.4) is 0 Å². The molecule has 0 N–H and O–H groups in total. The zero-order chi connectivity index (χ0) is 15.5. The Hall–Kier alpha value is -1.43. The number of hydrogen-bond donors (Lipinski definition) is 0. The number of rotatable bonds is 6. The molecule has 1 fully saturated rings. The average Bonchev–Trinajstić information content (AvgIpc) is 3.08. The van der Waals surface area contributed by atoms with Crippen LogP contribution in [0.15, 0.2) is 4.52 Å². The molecule has 0 aliphatic heterocycles. The molecule has 0 bridgehead atoms. The van der Waals surface area contributed by atoms with E-state index in [1.807, 2.05) is 6.92 Å². The molecule has 1 aromatic heterocycles. The molecule has 0 saturated heterocycles. The van der Waals surface area contributed by atoms with Crippen LogP contribution < -0.4 is 0 Å². The molecule has 118 valence electrons. The lowest BCUT2D eigenvalue weighted by Crippen LogP contribution is -2.32. The van der Waals surface area contributed by atoms with Crippen LogP contribution in [0, 0.1) is 0 Å². The molecular weight excluding hydrogens is 272 g/mol. The lowest BCUT2D eigenvalue weighted by molar-refractivity contribution is -0.149. The van der Waals surface area contributed by atoms with Crippen molar-refractivity contribution in [3.8, 4) is 0 Å². The van der Waals surface area contributed by atoms with Crippen LogP contribution in [-0.2, 0) is 25.3 Å². The Bertz CT molecular complexity index is 490. The van der Waals surface area contributed by atoms with Crippen molar-refractivity contribution in [3.63, 3.8) is 0 Å². The third kappa shape index (κ3) is 2.95. The molecule has 1 heterocycles. The van der Waals surface area contributed by atoms with E-state index >= 15 is 0 Å². The summed E-state index contributed by atoms with van der Waals surface area (Å²) in [5, 5.41) is 4.08. The van der Waals surface area contributed by atoms with Crippen LogP contribution in [0.5, 0.6) is 0 Å². The van der Waals surface area contributed by atoms with E-state index in [1.165, 1.54) is 0 Å². The standard InChI is InChI=1S/C15H24N2O4/c1-5-19-13(18)14(3,4)12-16-11(17-21-12)15(20-6-2)9-7-8-10-15/h5-10H2,1-4H3. The van der Waals surface area contributed by atoms with Crippen molar-refractivity contribution >= 4 is 5.97 Å². The van der Waals surface area contributed by atoms with Gasteiger partial charge in [0.15, 0.2) is 0 Å². The molecule has 1 aliphatic rings. The molecule has 21 heavy (non-hydrogen) atoms. The van der Waals surface area contributed by atoms with Crippen molar-refractivity contribution in [1.29, 1.82) is 0 Å². The number of carbonyl (C=O) groups is 1. The van der Waals surface area contributed by atoms with Crippen molar-refractivity contribution in [3.05, 3.63) is 11.7 Å². The summed E-state index contributed by atoms with van der Waals surface area (Å²) in [5.41, 5.74) is -1.41. The van der Waals surface area contributed by atoms with Crippen molar-refractivity contribution in [2.45, 2.75) is 64.4 Å². The van der Waals surface area contributed by atoms with Crippen molar-refractivity contribution in [1.82, 2.24) is 10.1 Å². The van der Waals surface area contributed by atoms with E-state index in [4.69, 9.17) is 14.0 Å².